The number of benzene rings is 1. The summed E-state index contributed by atoms with van der Waals surface area (Å²) in [5.74, 6) is -0.751. The lowest BCUT2D eigenvalue weighted by atomic mass is 10.0. The second-order valence-electron chi connectivity index (χ2n) is 3.88. The first-order valence-electron chi connectivity index (χ1n) is 5.42. The molecule has 2 aromatic rings. The van der Waals surface area contributed by atoms with Crippen LogP contribution >= 0.6 is 0 Å². The van der Waals surface area contributed by atoms with Gasteiger partial charge in [0.2, 0.25) is 0 Å². The van der Waals surface area contributed by atoms with Crippen molar-refractivity contribution in [3.8, 4) is 11.1 Å². The molecule has 0 unspecified atom stereocenters. The van der Waals surface area contributed by atoms with Crippen LogP contribution in [0.25, 0.3) is 11.1 Å². The van der Waals surface area contributed by atoms with E-state index in [1.807, 2.05) is 6.92 Å². The van der Waals surface area contributed by atoms with Gasteiger partial charge in [0.05, 0.1) is 7.11 Å². The Hall–Kier alpha value is -2.23. The Kier molecular flexibility index (Phi) is 3.37. The quantitative estimate of drug-likeness (QED) is 0.763. The van der Waals surface area contributed by atoms with E-state index >= 15 is 0 Å². The second kappa shape index (κ2) is 4.96. The van der Waals surface area contributed by atoms with Crippen LogP contribution in [0.3, 0.4) is 0 Å². The lowest BCUT2D eigenvalue weighted by molar-refractivity contribution is 0.0594. The molecule has 0 aliphatic carbocycles. The van der Waals surface area contributed by atoms with Crippen LogP contribution in [-0.2, 0) is 4.74 Å². The van der Waals surface area contributed by atoms with Gasteiger partial charge in [-0.25, -0.2) is 14.2 Å². The summed E-state index contributed by atoms with van der Waals surface area (Å²) in [6.45, 7) is 1.87. The van der Waals surface area contributed by atoms with Crippen LogP contribution in [0.15, 0.2) is 36.5 Å². The molecule has 0 bridgehead atoms. The van der Waals surface area contributed by atoms with Gasteiger partial charge in [-0.1, -0.05) is 12.1 Å². The molecule has 0 saturated carbocycles. The van der Waals surface area contributed by atoms with E-state index in [9.17, 15) is 9.18 Å². The molecule has 92 valence electrons. The number of hydrogen-bond acceptors (Lipinski definition) is 3. The third-order valence-corrected chi connectivity index (χ3v) is 2.66. The van der Waals surface area contributed by atoms with Gasteiger partial charge in [0.15, 0.2) is 0 Å². The average Bonchev–Trinajstić information content (AvgIpc) is 2.39. The standard InChI is InChI=1S/C14H12FNO2/c1-9-7-13(14(17)18-2)16-8-12(9)10-3-5-11(15)6-4-10/h3-8H,1-2H3. The molecule has 0 atom stereocenters. The van der Waals surface area contributed by atoms with Crippen LogP contribution in [-0.4, -0.2) is 18.1 Å². The molecule has 2 rings (SSSR count). The Labute approximate surface area is 104 Å². The number of halogens is 1. The Bertz CT molecular complexity index is 579. The minimum absolute atomic E-state index is 0.265. The summed E-state index contributed by atoms with van der Waals surface area (Å²) in [6.07, 6.45) is 1.59. The number of hydrogen-bond donors (Lipinski definition) is 0. The van der Waals surface area contributed by atoms with Gasteiger partial charge in [0.1, 0.15) is 11.5 Å². The van der Waals surface area contributed by atoms with E-state index < -0.39 is 5.97 Å². The smallest absolute Gasteiger partial charge is 0.356 e. The summed E-state index contributed by atoms with van der Waals surface area (Å²) in [5, 5.41) is 0. The molecule has 0 spiro atoms. The maximum Gasteiger partial charge on any atom is 0.356 e. The Balaban J connectivity index is 2.41. The lowest BCUT2D eigenvalue weighted by Crippen LogP contribution is -2.04. The molecule has 18 heavy (non-hydrogen) atoms. The van der Waals surface area contributed by atoms with Crippen LogP contribution in [0.4, 0.5) is 4.39 Å². The summed E-state index contributed by atoms with van der Waals surface area (Å²) in [6, 6.07) is 7.80. The summed E-state index contributed by atoms with van der Waals surface area (Å²) < 4.78 is 17.4. The van der Waals surface area contributed by atoms with E-state index in [1.165, 1.54) is 19.2 Å². The van der Waals surface area contributed by atoms with Gasteiger partial charge < -0.3 is 4.74 Å². The molecule has 0 N–H and O–H groups in total. The van der Waals surface area contributed by atoms with E-state index in [2.05, 4.69) is 9.72 Å². The zero-order valence-corrected chi connectivity index (χ0v) is 10.1. The van der Waals surface area contributed by atoms with Gasteiger partial charge in [-0.3, -0.25) is 0 Å². The monoisotopic (exact) mass is 245 g/mol. The molecule has 4 heteroatoms. The molecule has 0 aliphatic rings. The third-order valence-electron chi connectivity index (χ3n) is 2.66. The maximum atomic E-state index is 12.8. The predicted octanol–water partition coefficient (Wildman–Crippen LogP) is 2.98. The van der Waals surface area contributed by atoms with E-state index in [-0.39, 0.29) is 11.5 Å². The van der Waals surface area contributed by atoms with Gasteiger partial charge in [0, 0.05) is 11.8 Å². The fraction of sp³-hybridized carbons (Fsp3) is 0.143. The van der Waals surface area contributed by atoms with Crippen LogP contribution in [0.2, 0.25) is 0 Å². The fourth-order valence-electron chi connectivity index (χ4n) is 1.70. The van der Waals surface area contributed by atoms with Crippen LogP contribution in [0.1, 0.15) is 16.1 Å². The normalized spacial score (nSPS) is 10.2. The number of nitrogens with zero attached hydrogens (tertiary/aromatic N) is 1. The zero-order valence-electron chi connectivity index (χ0n) is 10.1. The zero-order chi connectivity index (χ0) is 13.1. The first-order valence-corrected chi connectivity index (χ1v) is 5.42. The van der Waals surface area contributed by atoms with Gasteiger partial charge in [-0.2, -0.15) is 0 Å². The summed E-state index contributed by atoms with van der Waals surface area (Å²) in [4.78, 5) is 15.4. The molecule has 0 fully saturated rings. The summed E-state index contributed by atoms with van der Waals surface area (Å²) >= 11 is 0. The topological polar surface area (TPSA) is 39.2 Å². The molecule has 0 aliphatic heterocycles. The van der Waals surface area contributed by atoms with Crippen molar-refractivity contribution in [3.63, 3.8) is 0 Å². The summed E-state index contributed by atoms with van der Waals surface area (Å²) in [5.41, 5.74) is 2.87. The molecule has 1 aromatic heterocycles. The molecular formula is C14H12FNO2. The van der Waals surface area contributed by atoms with Crippen molar-refractivity contribution < 1.29 is 13.9 Å². The van der Waals surface area contributed by atoms with Crippen molar-refractivity contribution in [1.82, 2.24) is 4.98 Å². The number of rotatable bonds is 2. The largest absolute Gasteiger partial charge is 0.464 e. The number of esters is 1. The first-order chi connectivity index (χ1) is 8.61. The highest BCUT2D eigenvalue weighted by Gasteiger charge is 2.10. The van der Waals surface area contributed by atoms with E-state index in [1.54, 1.807) is 24.4 Å². The Morgan fingerprint density at radius 1 is 1.28 bits per heavy atom. The Morgan fingerprint density at radius 2 is 1.94 bits per heavy atom. The number of carbonyl (C=O) groups is 1. The van der Waals surface area contributed by atoms with Crippen molar-refractivity contribution in [3.05, 3.63) is 53.6 Å². The summed E-state index contributed by atoms with van der Waals surface area (Å²) in [7, 11) is 1.31. The van der Waals surface area contributed by atoms with Gasteiger partial charge in [-0.15, -0.1) is 0 Å². The van der Waals surface area contributed by atoms with Gasteiger partial charge in [0.25, 0.3) is 0 Å². The highest BCUT2D eigenvalue weighted by molar-refractivity contribution is 5.88. The van der Waals surface area contributed by atoms with Crippen molar-refractivity contribution in [2.45, 2.75) is 6.92 Å². The molecule has 1 heterocycles. The number of aryl methyl sites for hydroxylation is 1. The van der Waals surface area contributed by atoms with Crippen LogP contribution in [0.5, 0.6) is 0 Å². The predicted molar refractivity (Wildman–Crippen MR) is 65.7 cm³/mol. The molecule has 0 amide bonds. The van der Waals surface area contributed by atoms with Crippen molar-refractivity contribution in [2.75, 3.05) is 7.11 Å². The number of carbonyl (C=O) groups excluding carboxylic acids is 1. The van der Waals surface area contributed by atoms with E-state index in [0.717, 1.165) is 16.7 Å². The minimum atomic E-state index is -0.469. The molecule has 3 nitrogen and oxygen atoms in total. The second-order valence-corrected chi connectivity index (χ2v) is 3.88. The van der Waals surface area contributed by atoms with Gasteiger partial charge in [-0.05, 0) is 36.2 Å². The first kappa shape index (κ1) is 12.2. The minimum Gasteiger partial charge on any atom is -0.464 e. The Morgan fingerprint density at radius 3 is 2.50 bits per heavy atom. The van der Waals surface area contributed by atoms with E-state index in [4.69, 9.17) is 0 Å². The van der Waals surface area contributed by atoms with E-state index in [0.29, 0.717) is 0 Å². The molecule has 0 saturated heterocycles. The van der Waals surface area contributed by atoms with Gasteiger partial charge >= 0.3 is 5.97 Å². The average molecular weight is 245 g/mol. The van der Waals surface area contributed by atoms with Crippen LogP contribution < -0.4 is 0 Å². The SMILES string of the molecule is COC(=O)c1cc(C)c(-c2ccc(F)cc2)cn1. The lowest BCUT2D eigenvalue weighted by Gasteiger charge is -2.07. The number of pyridine rings is 1. The maximum absolute atomic E-state index is 12.8. The fourth-order valence-corrected chi connectivity index (χ4v) is 1.70. The highest BCUT2D eigenvalue weighted by Crippen LogP contribution is 2.23. The van der Waals surface area contributed by atoms with Crippen molar-refractivity contribution >= 4 is 5.97 Å². The van der Waals surface area contributed by atoms with Crippen molar-refractivity contribution in [1.29, 1.82) is 0 Å². The van der Waals surface area contributed by atoms with Crippen molar-refractivity contribution in [2.24, 2.45) is 0 Å². The number of aromatic nitrogens is 1. The molecule has 0 radical (unpaired) electrons. The highest BCUT2D eigenvalue weighted by atomic mass is 19.1. The molecule has 1 aromatic carbocycles. The third kappa shape index (κ3) is 2.37. The molecular weight excluding hydrogens is 233 g/mol. The number of methoxy groups -OCH3 is 1. The van der Waals surface area contributed by atoms with Crippen LogP contribution in [0, 0.1) is 12.7 Å². The number of ether oxygens (including phenoxy) is 1.